The number of rotatable bonds is 6. The molecule has 4 aromatic rings. The van der Waals surface area contributed by atoms with Gasteiger partial charge in [-0.3, -0.25) is 5.43 Å². The van der Waals surface area contributed by atoms with E-state index in [9.17, 15) is 5.26 Å². The first-order chi connectivity index (χ1) is 13.8. The number of thiophene rings is 2. The number of para-hydroxylation sites is 1. The third-order valence-corrected chi connectivity index (χ3v) is 5.95. The van der Waals surface area contributed by atoms with Crippen LogP contribution in [0.15, 0.2) is 53.2 Å². The number of hydrogen-bond acceptors (Lipinski definition) is 8. The predicted octanol–water partition coefficient (Wildman–Crippen LogP) is 5.14. The molecular formula is C20H15N5OS2. The second-order valence-corrected chi connectivity index (χ2v) is 7.63. The first-order valence-electron chi connectivity index (χ1n) is 8.54. The normalized spacial score (nSPS) is 11.0. The third kappa shape index (κ3) is 3.45. The molecule has 0 radical (unpaired) electrons. The second-order valence-electron chi connectivity index (χ2n) is 5.63. The van der Waals surface area contributed by atoms with Crippen LogP contribution in [0.3, 0.4) is 0 Å². The van der Waals surface area contributed by atoms with E-state index in [4.69, 9.17) is 4.74 Å². The van der Waals surface area contributed by atoms with Crippen LogP contribution in [0.1, 0.15) is 17.4 Å². The molecule has 28 heavy (non-hydrogen) atoms. The van der Waals surface area contributed by atoms with E-state index in [0.29, 0.717) is 23.5 Å². The Morgan fingerprint density at radius 2 is 2.14 bits per heavy atom. The Kier molecular flexibility index (Phi) is 5.28. The summed E-state index contributed by atoms with van der Waals surface area (Å²) in [5.41, 5.74) is 4.97. The molecule has 6 nitrogen and oxygen atoms in total. The van der Waals surface area contributed by atoms with Crippen molar-refractivity contribution < 1.29 is 4.74 Å². The van der Waals surface area contributed by atoms with Crippen LogP contribution < -0.4 is 10.2 Å². The van der Waals surface area contributed by atoms with Crippen LogP contribution in [0.4, 0.5) is 5.82 Å². The minimum Gasteiger partial charge on any atom is -0.493 e. The number of benzene rings is 1. The van der Waals surface area contributed by atoms with E-state index in [1.54, 1.807) is 17.6 Å². The molecule has 3 aromatic heterocycles. The lowest BCUT2D eigenvalue weighted by atomic mass is 10.1. The van der Waals surface area contributed by atoms with E-state index in [2.05, 4.69) is 26.6 Å². The molecule has 0 saturated heterocycles. The third-order valence-electron chi connectivity index (χ3n) is 3.92. The number of nitrogens with zero attached hydrogens (tertiary/aromatic N) is 4. The highest BCUT2D eigenvalue weighted by molar-refractivity contribution is 7.23. The van der Waals surface area contributed by atoms with Gasteiger partial charge in [0.2, 0.25) is 0 Å². The number of hydrogen-bond donors (Lipinski definition) is 1. The van der Waals surface area contributed by atoms with Gasteiger partial charge in [0.25, 0.3) is 0 Å². The maximum atomic E-state index is 9.79. The van der Waals surface area contributed by atoms with E-state index in [1.807, 2.05) is 48.7 Å². The average Bonchev–Trinajstić information content (AvgIpc) is 3.36. The van der Waals surface area contributed by atoms with Crippen molar-refractivity contribution in [1.82, 2.24) is 9.97 Å². The van der Waals surface area contributed by atoms with Crippen LogP contribution in [0.2, 0.25) is 0 Å². The summed E-state index contributed by atoms with van der Waals surface area (Å²) in [5, 5.41) is 16.0. The number of nitriles is 1. The van der Waals surface area contributed by atoms with Crippen molar-refractivity contribution in [3.05, 3.63) is 58.5 Å². The number of nitrogens with one attached hydrogen (secondary N) is 1. The molecule has 8 heteroatoms. The van der Waals surface area contributed by atoms with Gasteiger partial charge in [0.1, 0.15) is 23.7 Å². The van der Waals surface area contributed by atoms with Gasteiger partial charge in [-0.1, -0.05) is 18.2 Å². The molecule has 0 aliphatic heterocycles. The molecule has 0 saturated carbocycles. The Hall–Kier alpha value is -3.28. The van der Waals surface area contributed by atoms with Gasteiger partial charge < -0.3 is 4.74 Å². The number of anilines is 1. The summed E-state index contributed by atoms with van der Waals surface area (Å²) in [6.45, 7) is 2.49. The van der Waals surface area contributed by atoms with E-state index in [-0.39, 0.29) is 0 Å². The number of fused-ring (bicyclic) bond motifs is 1. The van der Waals surface area contributed by atoms with Crippen molar-refractivity contribution in [3.8, 4) is 22.3 Å². The van der Waals surface area contributed by atoms with Gasteiger partial charge in [-0.15, -0.1) is 22.7 Å². The van der Waals surface area contributed by atoms with E-state index in [0.717, 1.165) is 25.8 Å². The molecule has 0 atom stereocenters. The summed E-state index contributed by atoms with van der Waals surface area (Å²) in [6, 6.07) is 13.9. The number of ether oxygens (including phenoxy) is 1. The van der Waals surface area contributed by atoms with Crippen molar-refractivity contribution in [2.24, 2.45) is 5.10 Å². The lowest BCUT2D eigenvalue weighted by Crippen LogP contribution is -1.94. The summed E-state index contributed by atoms with van der Waals surface area (Å²) in [4.78, 5) is 10.5. The van der Waals surface area contributed by atoms with Crippen LogP contribution in [-0.4, -0.2) is 22.8 Å². The molecular weight excluding hydrogens is 390 g/mol. The Morgan fingerprint density at radius 1 is 1.25 bits per heavy atom. The van der Waals surface area contributed by atoms with Gasteiger partial charge >= 0.3 is 0 Å². The van der Waals surface area contributed by atoms with Crippen molar-refractivity contribution >= 4 is 44.9 Å². The highest BCUT2D eigenvalue weighted by Crippen LogP contribution is 2.43. The van der Waals surface area contributed by atoms with Crippen molar-refractivity contribution in [2.75, 3.05) is 12.0 Å². The van der Waals surface area contributed by atoms with Gasteiger partial charge in [-0.2, -0.15) is 10.4 Å². The molecule has 138 valence electrons. The highest BCUT2D eigenvalue weighted by atomic mass is 32.1. The Morgan fingerprint density at radius 3 is 2.93 bits per heavy atom. The van der Waals surface area contributed by atoms with Crippen LogP contribution >= 0.6 is 22.7 Å². The standard InChI is InChI=1S/C20H15N5OS2/c1-2-26-16-8-4-3-7-14(16)18-15(10-21)17-19(28-18)20(23-12-22-17)25-24-11-13-6-5-9-27-13/h3-9,11-12H,2H2,1H3,(H,22,23,25)/b24-11+. The number of hydrazone groups is 1. The Labute approximate surface area is 169 Å². The SMILES string of the molecule is CCOc1ccccc1-c1sc2c(N/N=C/c3cccs3)ncnc2c1C#N. The maximum Gasteiger partial charge on any atom is 0.167 e. The zero-order chi connectivity index (χ0) is 19.3. The molecule has 0 bridgehead atoms. The van der Waals surface area contributed by atoms with E-state index in [1.165, 1.54) is 17.7 Å². The van der Waals surface area contributed by atoms with Crippen LogP contribution in [0.5, 0.6) is 5.75 Å². The molecule has 0 amide bonds. The van der Waals surface area contributed by atoms with Gasteiger partial charge in [0, 0.05) is 10.4 Å². The molecule has 4 rings (SSSR count). The molecule has 1 aromatic carbocycles. The monoisotopic (exact) mass is 405 g/mol. The van der Waals surface area contributed by atoms with Gasteiger partial charge in [-0.05, 0) is 30.5 Å². The summed E-state index contributed by atoms with van der Waals surface area (Å²) in [6.07, 6.45) is 3.18. The van der Waals surface area contributed by atoms with Crippen molar-refractivity contribution in [1.29, 1.82) is 5.26 Å². The fraction of sp³-hybridized carbons (Fsp3) is 0.100. The molecule has 0 fully saturated rings. The van der Waals surface area contributed by atoms with Gasteiger partial charge in [0.15, 0.2) is 5.82 Å². The zero-order valence-electron chi connectivity index (χ0n) is 14.9. The van der Waals surface area contributed by atoms with Crippen molar-refractivity contribution in [2.45, 2.75) is 6.92 Å². The minimum atomic E-state index is 0.514. The second kappa shape index (κ2) is 8.17. The maximum absolute atomic E-state index is 9.79. The summed E-state index contributed by atoms with van der Waals surface area (Å²) < 4.78 is 6.53. The number of aromatic nitrogens is 2. The largest absolute Gasteiger partial charge is 0.493 e. The summed E-state index contributed by atoms with van der Waals surface area (Å²) in [7, 11) is 0. The molecule has 0 aliphatic carbocycles. The van der Waals surface area contributed by atoms with E-state index >= 15 is 0 Å². The molecule has 0 aliphatic rings. The fourth-order valence-electron chi connectivity index (χ4n) is 2.74. The molecule has 0 unspecified atom stereocenters. The minimum absolute atomic E-state index is 0.514. The predicted molar refractivity (Wildman–Crippen MR) is 114 cm³/mol. The average molecular weight is 406 g/mol. The van der Waals surface area contributed by atoms with Gasteiger partial charge in [0.05, 0.1) is 28.0 Å². The van der Waals surface area contributed by atoms with Crippen molar-refractivity contribution in [3.63, 3.8) is 0 Å². The quantitative estimate of drug-likeness (QED) is 0.355. The first-order valence-corrected chi connectivity index (χ1v) is 10.2. The summed E-state index contributed by atoms with van der Waals surface area (Å²) >= 11 is 3.05. The van der Waals surface area contributed by atoms with Gasteiger partial charge in [-0.25, -0.2) is 9.97 Å². The van der Waals surface area contributed by atoms with E-state index < -0.39 is 0 Å². The lowest BCUT2D eigenvalue weighted by Gasteiger charge is -2.08. The van der Waals surface area contributed by atoms with Crippen LogP contribution in [-0.2, 0) is 0 Å². The molecule has 0 spiro atoms. The smallest absolute Gasteiger partial charge is 0.167 e. The van der Waals surface area contributed by atoms with Crippen LogP contribution in [0.25, 0.3) is 20.7 Å². The Bertz CT molecular complexity index is 1180. The zero-order valence-corrected chi connectivity index (χ0v) is 16.5. The topological polar surface area (TPSA) is 83.2 Å². The molecule has 1 N–H and O–H groups in total. The highest BCUT2D eigenvalue weighted by Gasteiger charge is 2.20. The lowest BCUT2D eigenvalue weighted by molar-refractivity contribution is 0.341. The Balaban J connectivity index is 1.79. The summed E-state index contributed by atoms with van der Waals surface area (Å²) in [5.74, 6) is 1.31. The van der Waals surface area contributed by atoms with Crippen LogP contribution in [0, 0.1) is 11.3 Å². The first kappa shape index (κ1) is 18.1. The fourth-order valence-corrected chi connectivity index (χ4v) is 4.50. The molecule has 3 heterocycles.